The molecule has 0 aliphatic heterocycles. The van der Waals surface area contributed by atoms with E-state index < -0.39 is 0 Å². The third-order valence-electron chi connectivity index (χ3n) is 2.85. The third-order valence-corrected chi connectivity index (χ3v) is 4.04. The highest BCUT2D eigenvalue weighted by Crippen LogP contribution is 2.26. The molecule has 1 unspecified atom stereocenters. The Morgan fingerprint density at radius 1 is 1.47 bits per heavy atom. The average Bonchev–Trinajstić information content (AvgIpc) is 2.82. The minimum Gasteiger partial charge on any atom is -0.309 e. The van der Waals surface area contributed by atoms with Gasteiger partial charge >= 0.3 is 0 Å². The van der Waals surface area contributed by atoms with E-state index in [4.69, 9.17) is 11.6 Å². The van der Waals surface area contributed by atoms with E-state index in [0.717, 1.165) is 12.1 Å². The smallest absolute Gasteiger partial charge is 0.0457 e. The first-order valence-corrected chi connectivity index (χ1v) is 7.13. The molecule has 2 rings (SSSR count). The third kappa shape index (κ3) is 2.71. The zero-order valence-corrected chi connectivity index (χ0v) is 11.4. The van der Waals surface area contributed by atoms with Crippen LogP contribution in [0.4, 0.5) is 0 Å². The Bertz CT molecular complexity index is 518. The molecule has 17 heavy (non-hydrogen) atoms. The molecule has 2 aromatic rings. The first kappa shape index (κ1) is 12.6. The van der Waals surface area contributed by atoms with Crippen LogP contribution >= 0.6 is 22.9 Å². The molecule has 1 aromatic carbocycles. The Balaban J connectivity index is 2.28. The largest absolute Gasteiger partial charge is 0.309 e. The van der Waals surface area contributed by atoms with Gasteiger partial charge in [0.05, 0.1) is 0 Å². The summed E-state index contributed by atoms with van der Waals surface area (Å²) >= 11 is 7.72. The van der Waals surface area contributed by atoms with Crippen molar-refractivity contribution < 1.29 is 0 Å². The van der Waals surface area contributed by atoms with Gasteiger partial charge in [-0.25, -0.2) is 0 Å². The van der Waals surface area contributed by atoms with E-state index in [0.29, 0.717) is 5.88 Å². The van der Waals surface area contributed by atoms with Crippen molar-refractivity contribution in [3.63, 3.8) is 0 Å². The Hall–Kier alpha value is -0.830. The summed E-state index contributed by atoms with van der Waals surface area (Å²) in [4.78, 5) is 0. The van der Waals surface area contributed by atoms with E-state index in [-0.39, 0.29) is 6.04 Å². The van der Waals surface area contributed by atoms with Gasteiger partial charge in [0.2, 0.25) is 0 Å². The van der Waals surface area contributed by atoms with Crippen LogP contribution in [0.25, 0.3) is 15.7 Å². The van der Waals surface area contributed by atoms with Crippen LogP contribution in [-0.2, 0) is 0 Å². The van der Waals surface area contributed by atoms with Crippen LogP contribution in [0.15, 0.2) is 36.2 Å². The molecule has 1 aromatic heterocycles. The molecule has 1 heterocycles. The van der Waals surface area contributed by atoms with E-state index in [1.165, 1.54) is 15.6 Å². The topological polar surface area (TPSA) is 12.0 Å². The molecule has 0 saturated carbocycles. The minimum atomic E-state index is 0.152. The number of benzene rings is 1. The van der Waals surface area contributed by atoms with Gasteiger partial charge in [0, 0.05) is 16.6 Å². The summed E-state index contributed by atoms with van der Waals surface area (Å²) in [5, 5.41) is 6.75. The number of rotatable bonds is 5. The molecule has 90 valence electrons. The number of thiophene rings is 1. The molecule has 3 heteroatoms. The van der Waals surface area contributed by atoms with Crippen molar-refractivity contribution in [1.29, 1.82) is 0 Å². The molecule has 0 aliphatic rings. The van der Waals surface area contributed by atoms with Crippen LogP contribution in [0.3, 0.4) is 0 Å². The van der Waals surface area contributed by atoms with E-state index in [2.05, 4.69) is 48.5 Å². The molecule has 0 aliphatic carbocycles. The van der Waals surface area contributed by atoms with Crippen LogP contribution in [0.5, 0.6) is 0 Å². The number of alkyl halides is 1. The van der Waals surface area contributed by atoms with Gasteiger partial charge in [-0.1, -0.05) is 25.6 Å². The van der Waals surface area contributed by atoms with E-state index in [1.807, 2.05) is 0 Å². The molecule has 0 saturated heterocycles. The second-order valence-corrected chi connectivity index (χ2v) is 5.22. The molecule has 1 N–H and O–H groups in total. The maximum Gasteiger partial charge on any atom is 0.0457 e. The number of hydrogen-bond donors (Lipinski definition) is 1. The van der Waals surface area contributed by atoms with Crippen molar-refractivity contribution in [2.24, 2.45) is 0 Å². The van der Waals surface area contributed by atoms with Gasteiger partial charge in [0.15, 0.2) is 0 Å². The number of halogens is 1. The summed E-state index contributed by atoms with van der Waals surface area (Å²) in [6, 6.07) is 8.74. The molecule has 1 nitrogen and oxygen atoms in total. The normalized spacial score (nSPS) is 12.8. The van der Waals surface area contributed by atoms with E-state index >= 15 is 0 Å². The molecule has 0 amide bonds. The van der Waals surface area contributed by atoms with Crippen molar-refractivity contribution in [2.45, 2.75) is 13.0 Å². The lowest BCUT2D eigenvalue weighted by atomic mass is 10.0. The van der Waals surface area contributed by atoms with Crippen molar-refractivity contribution in [3.8, 4) is 0 Å². The molecular formula is C14H16ClNS. The molecule has 0 spiro atoms. The van der Waals surface area contributed by atoms with Crippen molar-refractivity contribution >= 4 is 38.6 Å². The van der Waals surface area contributed by atoms with E-state index in [9.17, 15) is 0 Å². The first-order valence-electron chi connectivity index (χ1n) is 5.72. The predicted molar refractivity (Wildman–Crippen MR) is 79.0 cm³/mol. The molecule has 1 atom stereocenters. The lowest BCUT2D eigenvalue weighted by Crippen LogP contribution is -2.31. The SMILES string of the molecule is C=C(c1ccc2ccsc2c1)C(CCl)NCC. The standard InChI is InChI=1S/C14H16ClNS/c1-3-16-13(9-15)10(2)12-5-4-11-6-7-17-14(11)8-12/h4-8,13,16H,2-3,9H2,1H3. The molecule has 0 radical (unpaired) electrons. The highest BCUT2D eigenvalue weighted by atomic mass is 35.5. The number of nitrogens with one attached hydrogen (secondary N) is 1. The van der Waals surface area contributed by atoms with Crippen LogP contribution in [-0.4, -0.2) is 18.5 Å². The fraction of sp³-hybridized carbons (Fsp3) is 0.286. The van der Waals surface area contributed by atoms with Crippen molar-refractivity contribution in [3.05, 3.63) is 41.8 Å². The maximum absolute atomic E-state index is 5.97. The summed E-state index contributed by atoms with van der Waals surface area (Å²) < 4.78 is 1.30. The summed E-state index contributed by atoms with van der Waals surface area (Å²) in [6.45, 7) is 7.14. The summed E-state index contributed by atoms with van der Waals surface area (Å²) in [7, 11) is 0. The molecular weight excluding hydrogens is 250 g/mol. The Labute approximate surface area is 111 Å². The van der Waals surface area contributed by atoms with Gasteiger partial charge < -0.3 is 5.32 Å². The molecule has 0 bridgehead atoms. The lowest BCUT2D eigenvalue weighted by molar-refractivity contribution is 0.679. The fourth-order valence-electron chi connectivity index (χ4n) is 1.87. The first-order chi connectivity index (χ1) is 8.26. The molecule has 0 fully saturated rings. The zero-order valence-electron chi connectivity index (χ0n) is 9.87. The van der Waals surface area contributed by atoms with E-state index in [1.54, 1.807) is 11.3 Å². The summed E-state index contributed by atoms with van der Waals surface area (Å²) in [6.07, 6.45) is 0. The fourth-order valence-corrected chi connectivity index (χ4v) is 3.00. The second kappa shape index (κ2) is 5.67. The maximum atomic E-state index is 5.97. The quantitative estimate of drug-likeness (QED) is 0.802. The van der Waals surface area contributed by atoms with Crippen LogP contribution in [0, 0.1) is 0 Å². The highest BCUT2D eigenvalue weighted by Gasteiger charge is 2.12. The van der Waals surface area contributed by atoms with Gasteiger partial charge in [0.25, 0.3) is 0 Å². The van der Waals surface area contributed by atoms with Gasteiger partial charge in [-0.3, -0.25) is 0 Å². The minimum absolute atomic E-state index is 0.152. The predicted octanol–water partition coefficient (Wildman–Crippen LogP) is 4.13. The van der Waals surface area contributed by atoms with Crippen LogP contribution < -0.4 is 5.32 Å². The van der Waals surface area contributed by atoms with Crippen LogP contribution in [0.2, 0.25) is 0 Å². The zero-order chi connectivity index (χ0) is 12.3. The van der Waals surface area contributed by atoms with Gasteiger partial charge in [-0.15, -0.1) is 22.9 Å². The Morgan fingerprint density at radius 3 is 3.00 bits per heavy atom. The summed E-state index contributed by atoms with van der Waals surface area (Å²) in [5.74, 6) is 0.551. The number of hydrogen-bond acceptors (Lipinski definition) is 2. The van der Waals surface area contributed by atoms with Gasteiger partial charge in [0.1, 0.15) is 0 Å². The van der Waals surface area contributed by atoms with Gasteiger partial charge in [-0.05, 0) is 40.6 Å². The Kier molecular flexibility index (Phi) is 4.21. The Morgan fingerprint density at radius 2 is 2.29 bits per heavy atom. The van der Waals surface area contributed by atoms with Crippen molar-refractivity contribution in [1.82, 2.24) is 5.32 Å². The number of fused-ring (bicyclic) bond motifs is 1. The number of likely N-dealkylation sites (N-methyl/N-ethyl adjacent to an activating group) is 1. The van der Waals surface area contributed by atoms with Crippen LogP contribution in [0.1, 0.15) is 12.5 Å². The van der Waals surface area contributed by atoms with Crippen molar-refractivity contribution in [2.75, 3.05) is 12.4 Å². The summed E-state index contributed by atoms with van der Waals surface area (Å²) in [5.41, 5.74) is 2.24. The average molecular weight is 266 g/mol. The highest BCUT2D eigenvalue weighted by molar-refractivity contribution is 7.17. The lowest BCUT2D eigenvalue weighted by Gasteiger charge is -2.18. The second-order valence-electron chi connectivity index (χ2n) is 3.96. The monoisotopic (exact) mass is 265 g/mol. The van der Waals surface area contributed by atoms with Gasteiger partial charge in [-0.2, -0.15) is 0 Å².